The number of carbonyl (C=O) groups is 1. The van der Waals surface area contributed by atoms with Crippen molar-refractivity contribution in [1.82, 2.24) is 5.32 Å². The highest BCUT2D eigenvalue weighted by Crippen LogP contribution is 2.35. The van der Waals surface area contributed by atoms with Gasteiger partial charge in [-0.15, -0.1) is 0 Å². The number of anilines is 1. The molecule has 0 bridgehead atoms. The fourth-order valence-electron chi connectivity index (χ4n) is 4.34. The molecule has 160 valence electrons. The van der Waals surface area contributed by atoms with Gasteiger partial charge in [-0.25, -0.2) is 12.8 Å². The molecule has 0 aliphatic carbocycles. The van der Waals surface area contributed by atoms with Crippen LogP contribution < -0.4 is 9.62 Å². The van der Waals surface area contributed by atoms with Gasteiger partial charge < -0.3 is 10.1 Å². The van der Waals surface area contributed by atoms with E-state index >= 15 is 0 Å². The third-order valence-electron chi connectivity index (χ3n) is 6.09. The summed E-state index contributed by atoms with van der Waals surface area (Å²) in [5.74, 6) is -0.491. The highest BCUT2D eigenvalue weighted by atomic mass is 32.2. The molecule has 2 aromatic rings. The summed E-state index contributed by atoms with van der Waals surface area (Å²) in [6, 6.07) is 11.6. The monoisotopic (exact) mass is 432 g/mol. The number of amides is 1. The van der Waals surface area contributed by atoms with Crippen LogP contribution in [-0.4, -0.2) is 46.9 Å². The van der Waals surface area contributed by atoms with E-state index in [4.69, 9.17) is 4.74 Å². The lowest BCUT2D eigenvalue weighted by atomic mass is 9.74. The van der Waals surface area contributed by atoms with Gasteiger partial charge in [-0.3, -0.25) is 9.10 Å². The van der Waals surface area contributed by atoms with Crippen LogP contribution in [0.5, 0.6) is 0 Å². The topological polar surface area (TPSA) is 75.7 Å². The van der Waals surface area contributed by atoms with Crippen molar-refractivity contribution in [2.24, 2.45) is 0 Å². The zero-order valence-electron chi connectivity index (χ0n) is 16.9. The zero-order chi connectivity index (χ0) is 21.4. The minimum Gasteiger partial charge on any atom is -0.381 e. The highest BCUT2D eigenvalue weighted by molar-refractivity contribution is 7.92. The number of hydrogen-bond donors (Lipinski definition) is 1. The molecule has 30 heavy (non-hydrogen) atoms. The van der Waals surface area contributed by atoms with Crippen molar-refractivity contribution in [2.75, 3.05) is 36.9 Å². The average Bonchev–Trinajstić information content (AvgIpc) is 3.17. The molecule has 6 nitrogen and oxygen atoms in total. The van der Waals surface area contributed by atoms with Gasteiger partial charge in [0, 0.05) is 37.3 Å². The first kappa shape index (κ1) is 20.8. The lowest BCUT2D eigenvalue weighted by molar-refractivity contribution is 0.0487. The standard InChI is InChI=1S/C22H25FN2O4S/c1-30(27,28)25-11-8-16-14-17(2-7-20(16)25)21(26)24-15-22(9-12-29-13-10-22)18-3-5-19(23)6-4-18/h2-7,14H,8-13,15H2,1H3,(H,24,26). The molecule has 0 aromatic heterocycles. The molecule has 1 fully saturated rings. The van der Waals surface area contributed by atoms with Crippen molar-refractivity contribution < 1.29 is 22.3 Å². The summed E-state index contributed by atoms with van der Waals surface area (Å²) >= 11 is 0. The Morgan fingerprint density at radius 3 is 2.53 bits per heavy atom. The molecule has 1 saturated heterocycles. The van der Waals surface area contributed by atoms with Gasteiger partial charge in [0.15, 0.2) is 0 Å². The quantitative estimate of drug-likeness (QED) is 0.788. The number of halogens is 1. The molecule has 0 atom stereocenters. The number of nitrogens with one attached hydrogen (secondary N) is 1. The molecule has 4 rings (SSSR count). The normalized spacial score (nSPS) is 18.1. The maximum absolute atomic E-state index is 13.4. The number of ether oxygens (including phenoxy) is 1. The van der Waals surface area contributed by atoms with E-state index in [1.165, 1.54) is 22.7 Å². The number of benzene rings is 2. The van der Waals surface area contributed by atoms with Crippen LogP contribution in [0.15, 0.2) is 42.5 Å². The van der Waals surface area contributed by atoms with Crippen molar-refractivity contribution in [1.29, 1.82) is 0 Å². The predicted octanol–water partition coefficient (Wildman–Crippen LogP) is 2.63. The summed E-state index contributed by atoms with van der Waals surface area (Å²) in [5.41, 5.74) is 2.69. The molecule has 2 aliphatic rings. The summed E-state index contributed by atoms with van der Waals surface area (Å²) in [7, 11) is -3.32. The molecule has 2 aliphatic heterocycles. The molecule has 1 N–H and O–H groups in total. The van der Waals surface area contributed by atoms with Crippen LogP contribution in [0.25, 0.3) is 0 Å². The average molecular weight is 433 g/mol. The van der Waals surface area contributed by atoms with Gasteiger partial charge in [0.25, 0.3) is 5.91 Å². The van der Waals surface area contributed by atoms with Crippen LogP contribution in [0.3, 0.4) is 0 Å². The second-order valence-corrected chi connectivity index (χ2v) is 9.92. The van der Waals surface area contributed by atoms with Crippen molar-refractivity contribution in [3.05, 3.63) is 65.0 Å². The van der Waals surface area contributed by atoms with Gasteiger partial charge in [-0.2, -0.15) is 0 Å². The summed E-state index contributed by atoms with van der Waals surface area (Å²) in [4.78, 5) is 12.9. The van der Waals surface area contributed by atoms with Crippen LogP contribution in [-0.2, 0) is 26.6 Å². The Bertz CT molecular complexity index is 1050. The van der Waals surface area contributed by atoms with Gasteiger partial charge in [-0.1, -0.05) is 12.1 Å². The first-order chi connectivity index (χ1) is 14.3. The Kier molecular flexibility index (Phi) is 5.55. The van der Waals surface area contributed by atoms with E-state index in [-0.39, 0.29) is 17.1 Å². The van der Waals surface area contributed by atoms with E-state index < -0.39 is 10.0 Å². The summed E-state index contributed by atoms with van der Waals surface area (Å²) < 4.78 is 44.1. The second-order valence-electron chi connectivity index (χ2n) is 8.01. The van der Waals surface area contributed by atoms with Gasteiger partial charge in [0.1, 0.15) is 5.82 Å². The van der Waals surface area contributed by atoms with E-state index in [1.807, 2.05) is 0 Å². The van der Waals surface area contributed by atoms with E-state index in [0.29, 0.717) is 44.0 Å². The molecule has 2 aromatic carbocycles. The van der Waals surface area contributed by atoms with Crippen LogP contribution in [0.2, 0.25) is 0 Å². The van der Waals surface area contributed by atoms with Gasteiger partial charge in [-0.05, 0) is 60.7 Å². The number of nitrogens with zero attached hydrogens (tertiary/aromatic N) is 1. The maximum atomic E-state index is 13.4. The lowest BCUT2D eigenvalue weighted by Crippen LogP contribution is -2.44. The largest absolute Gasteiger partial charge is 0.381 e. The molecule has 0 radical (unpaired) electrons. The maximum Gasteiger partial charge on any atom is 0.251 e. The number of sulfonamides is 1. The van der Waals surface area contributed by atoms with Gasteiger partial charge in [0.2, 0.25) is 10.0 Å². The Morgan fingerprint density at radius 1 is 1.17 bits per heavy atom. The first-order valence-electron chi connectivity index (χ1n) is 10.0. The summed E-state index contributed by atoms with van der Waals surface area (Å²) in [5, 5.41) is 3.04. The Labute approximate surface area is 176 Å². The summed E-state index contributed by atoms with van der Waals surface area (Å²) in [6.45, 7) is 2.00. The number of hydrogen-bond acceptors (Lipinski definition) is 4. The van der Waals surface area contributed by atoms with E-state index in [1.54, 1.807) is 30.3 Å². The second kappa shape index (κ2) is 8.00. The molecule has 1 amide bonds. The molecular weight excluding hydrogens is 407 g/mol. The Morgan fingerprint density at radius 2 is 1.87 bits per heavy atom. The minimum absolute atomic E-state index is 0.205. The smallest absolute Gasteiger partial charge is 0.251 e. The molecule has 0 saturated carbocycles. The van der Waals surface area contributed by atoms with Gasteiger partial charge in [0.05, 0.1) is 11.9 Å². The van der Waals surface area contributed by atoms with Gasteiger partial charge >= 0.3 is 0 Å². The predicted molar refractivity (Wildman–Crippen MR) is 113 cm³/mol. The number of carbonyl (C=O) groups excluding carboxylic acids is 1. The van der Waals surface area contributed by atoms with Crippen LogP contribution in [0.4, 0.5) is 10.1 Å². The van der Waals surface area contributed by atoms with Crippen molar-refractivity contribution >= 4 is 21.6 Å². The van der Waals surface area contributed by atoms with E-state index in [0.717, 1.165) is 24.0 Å². The molecule has 2 heterocycles. The van der Waals surface area contributed by atoms with Crippen LogP contribution in [0, 0.1) is 5.82 Å². The van der Waals surface area contributed by atoms with E-state index in [2.05, 4.69) is 5.32 Å². The Balaban J connectivity index is 1.51. The van der Waals surface area contributed by atoms with E-state index in [9.17, 15) is 17.6 Å². The van der Waals surface area contributed by atoms with Crippen LogP contribution in [0.1, 0.15) is 34.3 Å². The number of fused-ring (bicyclic) bond motifs is 1. The van der Waals surface area contributed by atoms with Crippen molar-refractivity contribution in [3.63, 3.8) is 0 Å². The Hall–Kier alpha value is -2.45. The minimum atomic E-state index is -3.32. The molecular formula is C22H25FN2O4S. The molecule has 0 unspecified atom stereocenters. The lowest BCUT2D eigenvalue weighted by Gasteiger charge is -2.38. The highest BCUT2D eigenvalue weighted by Gasteiger charge is 2.35. The zero-order valence-corrected chi connectivity index (χ0v) is 17.7. The third-order valence-corrected chi connectivity index (χ3v) is 7.27. The van der Waals surface area contributed by atoms with Crippen molar-refractivity contribution in [3.8, 4) is 0 Å². The fourth-order valence-corrected chi connectivity index (χ4v) is 5.30. The third kappa shape index (κ3) is 4.06. The molecule has 0 spiro atoms. The van der Waals surface area contributed by atoms with Crippen LogP contribution >= 0.6 is 0 Å². The SMILES string of the molecule is CS(=O)(=O)N1CCc2cc(C(=O)NCC3(c4ccc(F)cc4)CCOCC3)ccc21. The summed E-state index contributed by atoms with van der Waals surface area (Å²) in [6.07, 6.45) is 3.25. The fraction of sp³-hybridized carbons (Fsp3) is 0.409. The molecule has 8 heteroatoms. The first-order valence-corrected chi connectivity index (χ1v) is 11.9. The number of rotatable bonds is 5. The van der Waals surface area contributed by atoms with Crippen molar-refractivity contribution in [2.45, 2.75) is 24.7 Å².